The number of halogens is 3. The van der Waals surface area contributed by atoms with Crippen molar-refractivity contribution in [2.24, 2.45) is 0 Å². The number of rotatable bonds is 3. The van der Waals surface area contributed by atoms with E-state index in [2.05, 4.69) is 5.10 Å². The van der Waals surface area contributed by atoms with Crippen molar-refractivity contribution in [1.29, 1.82) is 0 Å². The van der Waals surface area contributed by atoms with Gasteiger partial charge in [-0.3, -0.25) is 14.4 Å². The van der Waals surface area contributed by atoms with Gasteiger partial charge in [0.15, 0.2) is 5.69 Å². The summed E-state index contributed by atoms with van der Waals surface area (Å²) in [4.78, 5) is 41.7. The van der Waals surface area contributed by atoms with Crippen LogP contribution in [-0.4, -0.2) is 57.6 Å². The van der Waals surface area contributed by atoms with Gasteiger partial charge in [-0.2, -0.15) is 18.3 Å². The molecule has 7 nitrogen and oxygen atoms in total. The van der Waals surface area contributed by atoms with Gasteiger partial charge in [-0.15, -0.1) is 0 Å². The minimum atomic E-state index is -4.64. The Morgan fingerprint density at radius 3 is 1.97 bits per heavy atom. The van der Waals surface area contributed by atoms with E-state index in [0.29, 0.717) is 10.8 Å². The molecule has 0 radical (unpaired) electrons. The maximum absolute atomic E-state index is 13.3. The molecule has 0 N–H and O–H groups in total. The molecule has 10 heteroatoms. The van der Waals surface area contributed by atoms with Gasteiger partial charge in [0.2, 0.25) is 0 Å². The lowest BCUT2D eigenvalue weighted by Gasteiger charge is -2.35. The van der Waals surface area contributed by atoms with E-state index in [9.17, 15) is 27.6 Å². The molecule has 0 saturated carbocycles. The second-order valence-electron chi connectivity index (χ2n) is 8.37. The number of fused-ring (bicyclic) bond motifs is 1. The van der Waals surface area contributed by atoms with E-state index < -0.39 is 29.1 Å². The fraction of sp³-hybridized carbons (Fsp3) is 0.333. The average Bonchev–Trinajstić information content (AvgIpc) is 2.83. The van der Waals surface area contributed by atoms with E-state index in [1.54, 1.807) is 38.1 Å². The maximum atomic E-state index is 13.3. The van der Waals surface area contributed by atoms with Crippen LogP contribution in [0.15, 0.2) is 53.3 Å². The first kappa shape index (κ1) is 23.5. The van der Waals surface area contributed by atoms with E-state index >= 15 is 0 Å². The summed E-state index contributed by atoms with van der Waals surface area (Å²) in [5.74, 6) is -1.12. The highest BCUT2D eigenvalue weighted by atomic mass is 19.4. The molecular formula is C24H23F3N4O3. The molecule has 1 fully saturated rings. The SMILES string of the molecule is CC(C)n1nc(C(=O)N2CCN(C(=O)c3ccccc3C(F)(F)F)CC2)c2ccccc2c1=O. The lowest BCUT2D eigenvalue weighted by molar-refractivity contribution is -0.138. The fourth-order valence-electron chi connectivity index (χ4n) is 4.06. The number of alkyl halides is 3. The zero-order chi connectivity index (χ0) is 24.6. The molecule has 1 aliphatic rings. The van der Waals surface area contributed by atoms with Crippen molar-refractivity contribution in [3.05, 3.63) is 75.7 Å². The lowest BCUT2D eigenvalue weighted by atomic mass is 10.1. The van der Waals surface area contributed by atoms with Crippen molar-refractivity contribution in [1.82, 2.24) is 19.6 Å². The van der Waals surface area contributed by atoms with Crippen LogP contribution in [0.5, 0.6) is 0 Å². The topological polar surface area (TPSA) is 75.5 Å². The van der Waals surface area contributed by atoms with Crippen molar-refractivity contribution < 1.29 is 22.8 Å². The molecule has 2 amide bonds. The Morgan fingerprint density at radius 1 is 0.853 bits per heavy atom. The molecule has 0 atom stereocenters. The smallest absolute Gasteiger partial charge is 0.335 e. The van der Waals surface area contributed by atoms with Gasteiger partial charge in [0.05, 0.1) is 22.6 Å². The van der Waals surface area contributed by atoms with Gasteiger partial charge in [0, 0.05) is 31.6 Å². The number of aromatic nitrogens is 2. The predicted molar refractivity (Wildman–Crippen MR) is 120 cm³/mol. The van der Waals surface area contributed by atoms with E-state index in [1.807, 2.05) is 0 Å². The molecule has 2 aromatic carbocycles. The lowest BCUT2D eigenvalue weighted by Crippen LogP contribution is -2.51. The summed E-state index contributed by atoms with van der Waals surface area (Å²) in [5.41, 5.74) is -1.55. The zero-order valence-electron chi connectivity index (χ0n) is 18.7. The zero-order valence-corrected chi connectivity index (χ0v) is 18.7. The van der Waals surface area contributed by atoms with Crippen LogP contribution in [0.3, 0.4) is 0 Å². The van der Waals surface area contributed by atoms with Crippen molar-refractivity contribution >= 4 is 22.6 Å². The first-order valence-corrected chi connectivity index (χ1v) is 10.9. The average molecular weight is 472 g/mol. The van der Waals surface area contributed by atoms with Crippen molar-refractivity contribution in [3.63, 3.8) is 0 Å². The normalized spacial score (nSPS) is 14.6. The number of nitrogens with zero attached hydrogens (tertiary/aromatic N) is 4. The molecule has 178 valence electrons. The second kappa shape index (κ2) is 8.92. The standard InChI is InChI=1S/C24H23F3N4O3/c1-15(2)31-22(33)17-8-4-3-7-16(17)20(28-31)23(34)30-13-11-29(12-14-30)21(32)18-9-5-6-10-19(18)24(25,26)27/h3-10,15H,11-14H2,1-2H3. The van der Waals surface area contributed by atoms with Crippen LogP contribution < -0.4 is 5.56 Å². The first-order valence-electron chi connectivity index (χ1n) is 10.9. The molecule has 0 bridgehead atoms. The van der Waals surface area contributed by atoms with Gasteiger partial charge < -0.3 is 9.80 Å². The first-order chi connectivity index (χ1) is 16.1. The van der Waals surface area contributed by atoms with Gasteiger partial charge >= 0.3 is 6.18 Å². The Kier molecular flexibility index (Phi) is 6.16. The Hall–Kier alpha value is -3.69. The monoisotopic (exact) mass is 472 g/mol. The number of piperazine rings is 1. The summed E-state index contributed by atoms with van der Waals surface area (Å²) < 4.78 is 41.2. The van der Waals surface area contributed by atoms with E-state index in [-0.39, 0.29) is 43.5 Å². The molecule has 3 aromatic rings. The third-order valence-corrected chi connectivity index (χ3v) is 5.84. The molecule has 1 aliphatic heterocycles. The van der Waals surface area contributed by atoms with E-state index in [4.69, 9.17) is 0 Å². The minimum Gasteiger partial charge on any atom is -0.335 e. The van der Waals surface area contributed by atoms with Crippen LogP contribution in [0.1, 0.15) is 46.3 Å². The van der Waals surface area contributed by atoms with Crippen LogP contribution in [0, 0.1) is 0 Å². The fourth-order valence-corrected chi connectivity index (χ4v) is 4.06. The largest absolute Gasteiger partial charge is 0.417 e. The molecule has 34 heavy (non-hydrogen) atoms. The van der Waals surface area contributed by atoms with Gasteiger partial charge in [0.1, 0.15) is 0 Å². The highest BCUT2D eigenvalue weighted by molar-refractivity contribution is 6.05. The van der Waals surface area contributed by atoms with E-state index in [1.165, 1.54) is 26.6 Å². The Morgan fingerprint density at radius 2 is 1.38 bits per heavy atom. The summed E-state index contributed by atoms with van der Waals surface area (Å²) in [6.45, 7) is 4.02. The third-order valence-electron chi connectivity index (χ3n) is 5.84. The summed E-state index contributed by atoms with van der Waals surface area (Å²) in [7, 11) is 0. The molecule has 2 heterocycles. The summed E-state index contributed by atoms with van der Waals surface area (Å²) in [6, 6.07) is 11.2. The number of hydrogen-bond donors (Lipinski definition) is 0. The van der Waals surface area contributed by atoms with E-state index in [0.717, 1.165) is 12.1 Å². The highest BCUT2D eigenvalue weighted by Gasteiger charge is 2.37. The van der Waals surface area contributed by atoms with Crippen LogP contribution >= 0.6 is 0 Å². The second-order valence-corrected chi connectivity index (χ2v) is 8.37. The van der Waals surface area contributed by atoms with Crippen LogP contribution in [0.4, 0.5) is 13.2 Å². The highest BCUT2D eigenvalue weighted by Crippen LogP contribution is 2.32. The number of amides is 2. The molecule has 1 saturated heterocycles. The van der Waals surface area contributed by atoms with Crippen molar-refractivity contribution in [2.45, 2.75) is 26.1 Å². The minimum absolute atomic E-state index is 0.0819. The molecule has 4 rings (SSSR count). The molecule has 0 spiro atoms. The number of hydrogen-bond acceptors (Lipinski definition) is 4. The van der Waals surface area contributed by atoms with Crippen molar-refractivity contribution in [3.8, 4) is 0 Å². The Labute approximate surface area is 193 Å². The Bertz CT molecular complexity index is 1310. The number of carbonyl (C=O) groups excluding carboxylic acids is 2. The van der Waals surface area contributed by atoms with Gasteiger partial charge in [0.25, 0.3) is 17.4 Å². The van der Waals surface area contributed by atoms with Gasteiger partial charge in [-0.25, -0.2) is 4.68 Å². The third kappa shape index (κ3) is 4.27. The predicted octanol–water partition coefficient (Wildman–Crippen LogP) is 3.59. The maximum Gasteiger partial charge on any atom is 0.417 e. The molecule has 0 aliphatic carbocycles. The number of carbonyl (C=O) groups is 2. The van der Waals surface area contributed by atoms with Crippen LogP contribution in [0.2, 0.25) is 0 Å². The number of benzene rings is 2. The van der Waals surface area contributed by atoms with Gasteiger partial charge in [-0.05, 0) is 32.0 Å². The van der Waals surface area contributed by atoms with Crippen molar-refractivity contribution in [2.75, 3.05) is 26.2 Å². The van der Waals surface area contributed by atoms with Crippen LogP contribution in [-0.2, 0) is 6.18 Å². The quantitative estimate of drug-likeness (QED) is 0.584. The molecular weight excluding hydrogens is 449 g/mol. The summed E-state index contributed by atoms with van der Waals surface area (Å²) in [5, 5.41) is 5.14. The van der Waals surface area contributed by atoms with Crippen LogP contribution in [0.25, 0.3) is 10.8 Å². The Balaban J connectivity index is 1.57. The summed E-state index contributed by atoms with van der Waals surface area (Å²) >= 11 is 0. The summed E-state index contributed by atoms with van der Waals surface area (Å²) in [6.07, 6.45) is -4.64. The molecule has 1 aromatic heterocycles. The molecule has 0 unspecified atom stereocenters. The van der Waals surface area contributed by atoms with Gasteiger partial charge in [-0.1, -0.05) is 30.3 Å².